The SMILES string of the molecule is COc1ccc(O)c(C(=O)OC(C)C(=O)NCc2ccccc2OC)c1. The van der Waals surface area contributed by atoms with Gasteiger partial charge in [0.15, 0.2) is 6.10 Å². The van der Waals surface area contributed by atoms with E-state index in [9.17, 15) is 14.7 Å². The van der Waals surface area contributed by atoms with Gasteiger partial charge in [-0.1, -0.05) is 18.2 Å². The Hall–Kier alpha value is -3.22. The van der Waals surface area contributed by atoms with E-state index in [1.807, 2.05) is 18.2 Å². The lowest BCUT2D eigenvalue weighted by Gasteiger charge is -2.15. The number of phenolic OH excluding ortho intramolecular Hbond substituents is 1. The quantitative estimate of drug-likeness (QED) is 0.737. The van der Waals surface area contributed by atoms with Gasteiger partial charge >= 0.3 is 5.97 Å². The van der Waals surface area contributed by atoms with Gasteiger partial charge in [-0.25, -0.2) is 4.79 Å². The summed E-state index contributed by atoms with van der Waals surface area (Å²) in [5.74, 6) is -0.493. The van der Waals surface area contributed by atoms with E-state index in [0.29, 0.717) is 11.5 Å². The second kappa shape index (κ2) is 8.75. The fraction of sp³-hybridized carbons (Fsp3) is 0.263. The third-order valence-electron chi connectivity index (χ3n) is 3.72. The summed E-state index contributed by atoms with van der Waals surface area (Å²) in [4.78, 5) is 24.4. The number of aromatic hydroxyl groups is 1. The van der Waals surface area contributed by atoms with Crippen LogP contribution in [0.3, 0.4) is 0 Å². The van der Waals surface area contributed by atoms with E-state index in [0.717, 1.165) is 5.56 Å². The van der Waals surface area contributed by atoms with Crippen LogP contribution in [0.2, 0.25) is 0 Å². The minimum absolute atomic E-state index is 0.0753. The zero-order valence-electron chi connectivity index (χ0n) is 14.8. The number of carbonyl (C=O) groups excluding carboxylic acids is 2. The predicted octanol–water partition coefficient (Wildman–Crippen LogP) is 2.27. The summed E-state index contributed by atoms with van der Waals surface area (Å²) in [7, 11) is 2.99. The molecule has 0 aliphatic carbocycles. The summed E-state index contributed by atoms with van der Waals surface area (Å²) in [5.41, 5.74) is 0.723. The van der Waals surface area contributed by atoms with Gasteiger partial charge in [0.2, 0.25) is 0 Å². The Bertz CT molecular complexity index is 789. The van der Waals surface area contributed by atoms with Gasteiger partial charge in [0.1, 0.15) is 22.8 Å². The first-order valence-electron chi connectivity index (χ1n) is 7.93. The van der Waals surface area contributed by atoms with Crippen molar-refractivity contribution in [2.45, 2.75) is 19.6 Å². The maximum absolute atomic E-state index is 12.2. The summed E-state index contributed by atoms with van der Waals surface area (Å²) in [6.07, 6.45) is -1.04. The Balaban J connectivity index is 1.97. The summed E-state index contributed by atoms with van der Waals surface area (Å²) in [6.45, 7) is 1.68. The maximum Gasteiger partial charge on any atom is 0.342 e. The van der Waals surface area contributed by atoms with Crippen LogP contribution < -0.4 is 14.8 Å². The van der Waals surface area contributed by atoms with Gasteiger partial charge in [0.25, 0.3) is 5.91 Å². The van der Waals surface area contributed by atoms with Crippen molar-refractivity contribution in [1.82, 2.24) is 5.32 Å². The molecule has 1 unspecified atom stereocenters. The number of nitrogens with one attached hydrogen (secondary N) is 1. The second-order valence-corrected chi connectivity index (χ2v) is 5.46. The Labute approximate surface area is 151 Å². The van der Waals surface area contributed by atoms with Crippen LogP contribution in [0.4, 0.5) is 0 Å². The first kappa shape index (κ1) is 19.1. The molecule has 1 amide bonds. The molecule has 7 heteroatoms. The Morgan fingerprint density at radius 3 is 2.54 bits per heavy atom. The van der Waals surface area contributed by atoms with Gasteiger partial charge < -0.3 is 24.6 Å². The molecule has 7 nitrogen and oxygen atoms in total. The molecule has 2 rings (SSSR count). The number of phenols is 1. The van der Waals surface area contributed by atoms with Crippen molar-refractivity contribution in [3.63, 3.8) is 0 Å². The molecule has 26 heavy (non-hydrogen) atoms. The molecule has 138 valence electrons. The van der Waals surface area contributed by atoms with Crippen LogP contribution in [0.5, 0.6) is 17.2 Å². The van der Waals surface area contributed by atoms with Crippen molar-refractivity contribution >= 4 is 11.9 Å². The fourth-order valence-electron chi connectivity index (χ4n) is 2.26. The Kier molecular flexibility index (Phi) is 6.43. The highest BCUT2D eigenvalue weighted by Gasteiger charge is 2.21. The number of rotatable bonds is 7. The molecule has 0 saturated carbocycles. The highest BCUT2D eigenvalue weighted by Crippen LogP contribution is 2.24. The van der Waals surface area contributed by atoms with Gasteiger partial charge in [-0.3, -0.25) is 4.79 Å². The smallest absolute Gasteiger partial charge is 0.342 e. The van der Waals surface area contributed by atoms with E-state index >= 15 is 0 Å². The normalized spacial score (nSPS) is 11.3. The van der Waals surface area contributed by atoms with Crippen LogP contribution in [0, 0.1) is 0 Å². The summed E-state index contributed by atoms with van der Waals surface area (Å²) in [6, 6.07) is 11.4. The van der Waals surface area contributed by atoms with Crippen LogP contribution in [-0.2, 0) is 16.1 Å². The number of hydrogen-bond donors (Lipinski definition) is 2. The van der Waals surface area contributed by atoms with E-state index in [1.165, 1.54) is 32.2 Å². The van der Waals surface area contributed by atoms with Gasteiger partial charge in [-0.15, -0.1) is 0 Å². The van der Waals surface area contributed by atoms with Crippen molar-refractivity contribution in [2.24, 2.45) is 0 Å². The highest BCUT2D eigenvalue weighted by molar-refractivity contribution is 5.95. The van der Waals surface area contributed by atoms with Gasteiger partial charge in [0.05, 0.1) is 14.2 Å². The fourth-order valence-corrected chi connectivity index (χ4v) is 2.26. The summed E-state index contributed by atoms with van der Waals surface area (Å²) < 4.78 is 15.4. The molecule has 0 heterocycles. The van der Waals surface area contributed by atoms with Crippen LogP contribution in [0.25, 0.3) is 0 Å². The lowest BCUT2D eigenvalue weighted by atomic mass is 10.2. The number of carbonyl (C=O) groups is 2. The third kappa shape index (κ3) is 4.66. The van der Waals surface area contributed by atoms with Crippen molar-refractivity contribution < 1.29 is 28.9 Å². The number of esters is 1. The van der Waals surface area contributed by atoms with Crippen molar-refractivity contribution in [2.75, 3.05) is 14.2 Å². The van der Waals surface area contributed by atoms with E-state index < -0.39 is 18.0 Å². The molecule has 0 saturated heterocycles. The molecular weight excluding hydrogens is 338 g/mol. The molecule has 0 aliphatic heterocycles. The molecule has 0 spiro atoms. The van der Waals surface area contributed by atoms with E-state index in [1.54, 1.807) is 13.2 Å². The van der Waals surface area contributed by atoms with E-state index in [2.05, 4.69) is 5.32 Å². The van der Waals surface area contributed by atoms with Crippen molar-refractivity contribution in [3.8, 4) is 17.2 Å². The number of benzene rings is 2. The molecule has 0 fully saturated rings. The maximum atomic E-state index is 12.2. The molecule has 0 radical (unpaired) electrons. The van der Waals surface area contributed by atoms with E-state index in [4.69, 9.17) is 14.2 Å². The number of ether oxygens (including phenoxy) is 3. The number of amides is 1. The van der Waals surface area contributed by atoms with Gasteiger partial charge in [-0.2, -0.15) is 0 Å². The van der Waals surface area contributed by atoms with Crippen LogP contribution in [0.1, 0.15) is 22.8 Å². The monoisotopic (exact) mass is 359 g/mol. The van der Waals surface area contributed by atoms with Gasteiger partial charge in [-0.05, 0) is 31.2 Å². The molecular formula is C19H21NO6. The molecule has 2 N–H and O–H groups in total. The number of methoxy groups -OCH3 is 2. The third-order valence-corrected chi connectivity index (χ3v) is 3.72. The average molecular weight is 359 g/mol. The van der Waals surface area contributed by atoms with Crippen molar-refractivity contribution in [1.29, 1.82) is 0 Å². The van der Waals surface area contributed by atoms with Crippen LogP contribution in [-0.4, -0.2) is 37.3 Å². The zero-order valence-corrected chi connectivity index (χ0v) is 14.8. The number of para-hydroxylation sites is 1. The van der Waals surface area contributed by atoms with Crippen LogP contribution >= 0.6 is 0 Å². The standard InChI is InChI=1S/C19H21NO6/c1-12(18(22)20-11-13-6-4-5-7-17(13)25-3)26-19(23)15-10-14(24-2)8-9-16(15)21/h4-10,12,21H,11H2,1-3H3,(H,20,22). The van der Waals surface area contributed by atoms with Gasteiger partial charge in [0, 0.05) is 12.1 Å². The molecule has 2 aromatic rings. The highest BCUT2D eigenvalue weighted by atomic mass is 16.5. The molecule has 2 aromatic carbocycles. The largest absolute Gasteiger partial charge is 0.507 e. The van der Waals surface area contributed by atoms with Crippen molar-refractivity contribution in [3.05, 3.63) is 53.6 Å². The minimum Gasteiger partial charge on any atom is -0.507 e. The first-order chi connectivity index (χ1) is 12.5. The lowest BCUT2D eigenvalue weighted by molar-refractivity contribution is -0.129. The topological polar surface area (TPSA) is 94.1 Å². The molecule has 1 atom stereocenters. The predicted molar refractivity (Wildman–Crippen MR) is 94.4 cm³/mol. The van der Waals surface area contributed by atoms with E-state index in [-0.39, 0.29) is 17.9 Å². The summed E-state index contributed by atoms with van der Waals surface area (Å²) >= 11 is 0. The minimum atomic E-state index is -1.04. The molecule has 0 aliphatic rings. The summed E-state index contributed by atoms with van der Waals surface area (Å²) in [5, 5.41) is 12.5. The first-order valence-corrected chi connectivity index (χ1v) is 7.93. The average Bonchev–Trinajstić information content (AvgIpc) is 2.66. The Morgan fingerprint density at radius 1 is 1.12 bits per heavy atom. The number of hydrogen-bond acceptors (Lipinski definition) is 6. The molecule has 0 bridgehead atoms. The Morgan fingerprint density at radius 2 is 1.85 bits per heavy atom. The molecule has 0 aromatic heterocycles. The van der Waals surface area contributed by atoms with Crippen LogP contribution in [0.15, 0.2) is 42.5 Å². The second-order valence-electron chi connectivity index (χ2n) is 5.46. The lowest BCUT2D eigenvalue weighted by Crippen LogP contribution is -2.35. The zero-order chi connectivity index (χ0) is 19.1.